The van der Waals surface area contributed by atoms with Gasteiger partial charge in [0.2, 0.25) is 0 Å². The minimum Gasteiger partial charge on any atom is -0.382 e. The van der Waals surface area contributed by atoms with E-state index in [9.17, 15) is 0 Å². The first-order valence-corrected chi connectivity index (χ1v) is 6.00. The van der Waals surface area contributed by atoms with Gasteiger partial charge in [-0.1, -0.05) is 11.8 Å². The normalized spacial score (nSPS) is 9.88. The lowest BCUT2D eigenvalue weighted by Crippen LogP contribution is -2.02. The minimum absolute atomic E-state index is 0.207. The third kappa shape index (κ3) is 2.19. The van der Waals surface area contributed by atoms with E-state index >= 15 is 0 Å². The number of nitrogens with two attached hydrogens (primary N) is 1. The monoisotopic (exact) mass is 243 g/mol. The molecule has 84 valence electrons. The number of hydrogen-bond acceptors (Lipinski definition) is 6. The van der Waals surface area contributed by atoms with Gasteiger partial charge >= 0.3 is 0 Å². The Morgan fingerprint density at radius 1 is 1.29 bits per heavy atom. The van der Waals surface area contributed by atoms with Gasteiger partial charge < -0.3 is 5.73 Å². The summed E-state index contributed by atoms with van der Waals surface area (Å²) in [7, 11) is 0. The van der Waals surface area contributed by atoms with Crippen LogP contribution in [0.1, 0.15) is 5.56 Å². The summed E-state index contributed by atoms with van der Waals surface area (Å²) in [5.74, 6) is 0.207. The lowest BCUT2D eigenvalue weighted by molar-refractivity contribution is 0.978. The van der Waals surface area contributed by atoms with Crippen LogP contribution in [0.2, 0.25) is 0 Å². The van der Waals surface area contributed by atoms with Crippen LogP contribution in [0.25, 0.3) is 11.3 Å². The molecule has 2 aromatic heterocycles. The molecule has 0 radical (unpaired) electrons. The molecular formula is C11H9N5S. The van der Waals surface area contributed by atoms with Gasteiger partial charge in [-0.2, -0.15) is 5.26 Å². The zero-order chi connectivity index (χ0) is 12.3. The van der Waals surface area contributed by atoms with Gasteiger partial charge in [0.15, 0.2) is 5.16 Å². The van der Waals surface area contributed by atoms with Gasteiger partial charge in [-0.15, -0.1) is 0 Å². The van der Waals surface area contributed by atoms with E-state index in [0.717, 1.165) is 5.56 Å². The minimum atomic E-state index is 0.207. The average molecular weight is 243 g/mol. The number of anilines is 1. The van der Waals surface area contributed by atoms with Crippen molar-refractivity contribution < 1.29 is 0 Å². The fourth-order valence-corrected chi connectivity index (χ4v) is 1.75. The topological polar surface area (TPSA) is 88.5 Å². The molecule has 0 aliphatic rings. The standard InChI is InChI=1S/C11H9N5S/c1-17-11-15-9(7-2-4-14-5-3-7)8(6-12)10(13)16-11/h2-5H,1H3,(H2,13,15,16). The number of nitriles is 1. The third-order valence-electron chi connectivity index (χ3n) is 2.16. The van der Waals surface area contributed by atoms with E-state index < -0.39 is 0 Å². The summed E-state index contributed by atoms with van der Waals surface area (Å²) in [5.41, 5.74) is 7.40. The highest BCUT2D eigenvalue weighted by Crippen LogP contribution is 2.26. The molecule has 6 heteroatoms. The SMILES string of the molecule is CSc1nc(N)c(C#N)c(-c2ccncc2)n1. The number of thioether (sulfide) groups is 1. The number of pyridine rings is 1. The number of hydrogen-bond donors (Lipinski definition) is 1. The quantitative estimate of drug-likeness (QED) is 0.638. The van der Waals surface area contributed by atoms with Gasteiger partial charge in [-0.25, -0.2) is 9.97 Å². The van der Waals surface area contributed by atoms with E-state index in [2.05, 4.69) is 15.0 Å². The van der Waals surface area contributed by atoms with Crippen LogP contribution in [0, 0.1) is 11.3 Å². The summed E-state index contributed by atoms with van der Waals surface area (Å²) in [6, 6.07) is 5.60. The molecule has 5 nitrogen and oxygen atoms in total. The highest BCUT2D eigenvalue weighted by molar-refractivity contribution is 7.98. The largest absolute Gasteiger partial charge is 0.382 e. The Bertz CT molecular complexity index is 576. The predicted molar refractivity (Wildman–Crippen MR) is 66.2 cm³/mol. The van der Waals surface area contributed by atoms with Crippen molar-refractivity contribution in [2.24, 2.45) is 0 Å². The van der Waals surface area contributed by atoms with Crippen molar-refractivity contribution in [3.8, 4) is 17.3 Å². The first kappa shape index (κ1) is 11.4. The second-order valence-corrected chi connectivity index (χ2v) is 3.94. The van der Waals surface area contributed by atoms with Crippen LogP contribution in [0.5, 0.6) is 0 Å². The fourth-order valence-electron chi connectivity index (χ4n) is 1.38. The molecule has 0 aliphatic heterocycles. The molecule has 2 heterocycles. The Balaban J connectivity index is 2.68. The summed E-state index contributed by atoms with van der Waals surface area (Å²) in [6.07, 6.45) is 5.15. The van der Waals surface area contributed by atoms with Crippen LogP contribution < -0.4 is 5.73 Å². The summed E-state index contributed by atoms with van der Waals surface area (Å²) < 4.78 is 0. The van der Waals surface area contributed by atoms with Crippen molar-refractivity contribution in [2.45, 2.75) is 5.16 Å². The molecule has 0 saturated heterocycles. The Morgan fingerprint density at radius 2 is 2.00 bits per heavy atom. The Kier molecular flexibility index (Phi) is 3.21. The Labute approximate surface area is 103 Å². The Hall–Kier alpha value is -2.13. The summed E-state index contributed by atoms with van der Waals surface area (Å²) in [4.78, 5) is 12.3. The highest BCUT2D eigenvalue weighted by atomic mass is 32.2. The van der Waals surface area contributed by atoms with E-state index in [-0.39, 0.29) is 5.82 Å². The van der Waals surface area contributed by atoms with E-state index in [0.29, 0.717) is 16.4 Å². The Morgan fingerprint density at radius 3 is 2.59 bits per heavy atom. The van der Waals surface area contributed by atoms with E-state index in [1.807, 2.05) is 12.3 Å². The van der Waals surface area contributed by atoms with Gasteiger partial charge in [-0.3, -0.25) is 4.98 Å². The number of nitrogen functional groups attached to an aromatic ring is 1. The number of rotatable bonds is 2. The van der Waals surface area contributed by atoms with E-state index in [1.165, 1.54) is 11.8 Å². The first-order valence-electron chi connectivity index (χ1n) is 4.78. The van der Waals surface area contributed by atoms with E-state index in [4.69, 9.17) is 11.0 Å². The molecule has 2 aromatic rings. The van der Waals surface area contributed by atoms with Gasteiger partial charge in [0.1, 0.15) is 17.5 Å². The second kappa shape index (κ2) is 4.80. The molecule has 0 saturated carbocycles. The van der Waals surface area contributed by atoms with Gasteiger partial charge in [0, 0.05) is 18.0 Å². The fraction of sp³-hybridized carbons (Fsp3) is 0.0909. The molecule has 2 rings (SSSR count). The molecule has 0 bridgehead atoms. The molecule has 0 unspecified atom stereocenters. The molecule has 17 heavy (non-hydrogen) atoms. The molecule has 0 spiro atoms. The number of nitrogens with zero attached hydrogens (tertiary/aromatic N) is 4. The van der Waals surface area contributed by atoms with Gasteiger partial charge in [-0.05, 0) is 18.4 Å². The smallest absolute Gasteiger partial charge is 0.189 e. The highest BCUT2D eigenvalue weighted by Gasteiger charge is 2.13. The zero-order valence-electron chi connectivity index (χ0n) is 9.08. The lowest BCUT2D eigenvalue weighted by Gasteiger charge is -2.06. The summed E-state index contributed by atoms with van der Waals surface area (Å²) in [6.45, 7) is 0. The van der Waals surface area contributed by atoms with Crippen LogP contribution in [0.15, 0.2) is 29.7 Å². The average Bonchev–Trinajstić information content (AvgIpc) is 2.38. The lowest BCUT2D eigenvalue weighted by atomic mass is 10.1. The maximum Gasteiger partial charge on any atom is 0.189 e. The molecule has 0 atom stereocenters. The van der Waals surface area contributed by atoms with Crippen LogP contribution in [0.4, 0.5) is 5.82 Å². The van der Waals surface area contributed by atoms with Crippen molar-refractivity contribution in [2.75, 3.05) is 12.0 Å². The molecule has 0 aromatic carbocycles. The summed E-state index contributed by atoms with van der Waals surface area (Å²) >= 11 is 1.38. The second-order valence-electron chi connectivity index (χ2n) is 3.17. The predicted octanol–water partition coefficient (Wildman–Crippen LogP) is 1.71. The van der Waals surface area contributed by atoms with Crippen molar-refractivity contribution in [3.63, 3.8) is 0 Å². The summed E-state index contributed by atoms with van der Waals surface area (Å²) in [5, 5.41) is 9.64. The molecular weight excluding hydrogens is 234 g/mol. The van der Waals surface area contributed by atoms with Crippen molar-refractivity contribution >= 4 is 17.6 Å². The molecule has 2 N–H and O–H groups in total. The van der Waals surface area contributed by atoms with E-state index in [1.54, 1.807) is 24.5 Å². The number of aromatic nitrogens is 3. The van der Waals surface area contributed by atoms with Gasteiger partial charge in [0.25, 0.3) is 0 Å². The maximum atomic E-state index is 9.09. The first-order chi connectivity index (χ1) is 8.26. The molecule has 0 fully saturated rings. The molecule has 0 amide bonds. The zero-order valence-corrected chi connectivity index (χ0v) is 9.90. The third-order valence-corrected chi connectivity index (χ3v) is 2.71. The van der Waals surface area contributed by atoms with Crippen LogP contribution >= 0.6 is 11.8 Å². The molecule has 0 aliphatic carbocycles. The van der Waals surface area contributed by atoms with Crippen LogP contribution in [-0.2, 0) is 0 Å². The van der Waals surface area contributed by atoms with Crippen LogP contribution in [0.3, 0.4) is 0 Å². The van der Waals surface area contributed by atoms with Crippen LogP contribution in [-0.4, -0.2) is 21.2 Å². The van der Waals surface area contributed by atoms with Crippen molar-refractivity contribution in [1.29, 1.82) is 5.26 Å². The van der Waals surface area contributed by atoms with Gasteiger partial charge in [0.05, 0.1) is 5.69 Å². The van der Waals surface area contributed by atoms with Crippen molar-refractivity contribution in [1.82, 2.24) is 15.0 Å². The maximum absolute atomic E-state index is 9.09. The van der Waals surface area contributed by atoms with Crippen molar-refractivity contribution in [3.05, 3.63) is 30.1 Å².